The summed E-state index contributed by atoms with van der Waals surface area (Å²) < 4.78 is 0. The van der Waals surface area contributed by atoms with Gasteiger partial charge in [-0.2, -0.15) is 11.8 Å². The Balaban J connectivity index is 2.27. The number of unbranched alkanes of at least 4 members (excludes halogenated alkanes) is 1. The number of hydrogen-bond acceptors (Lipinski definition) is 2. The van der Waals surface area contributed by atoms with Crippen molar-refractivity contribution >= 4 is 11.8 Å². The Labute approximate surface area is 117 Å². The van der Waals surface area contributed by atoms with E-state index < -0.39 is 0 Å². The fourth-order valence-electron chi connectivity index (χ4n) is 1.85. The molecule has 0 fully saturated rings. The molecule has 0 aliphatic carbocycles. The maximum Gasteiger partial charge on any atom is 0.0205 e. The van der Waals surface area contributed by atoms with Crippen LogP contribution in [-0.2, 0) is 12.0 Å². The van der Waals surface area contributed by atoms with Crippen molar-refractivity contribution in [2.24, 2.45) is 0 Å². The smallest absolute Gasteiger partial charge is 0.0205 e. The van der Waals surface area contributed by atoms with Crippen LogP contribution in [0.2, 0.25) is 0 Å². The molecule has 0 radical (unpaired) electrons. The van der Waals surface area contributed by atoms with Crippen molar-refractivity contribution in [3.8, 4) is 0 Å². The van der Waals surface area contributed by atoms with Gasteiger partial charge in [0.15, 0.2) is 0 Å². The number of hydrogen-bond donors (Lipinski definition) is 1. The Morgan fingerprint density at radius 3 is 2.28 bits per heavy atom. The molecule has 0 saturated heterocycles. The van der Waals surface area contributed by atoms with Crippen molar-refractivity contribution in [2.75, 3.05) is 18.6 Å². The zero-order valence-corrected chi connectivity index (χ0v) is 13.1. The summed E-state index contributed by atoms with van der Waals surface area (Å²) in [6, 6.07) is 9.00. The van der Waals surface area contributed by atoms with Crippen molar-refractivity contribution in [1.29, 1.82) is 0 Å². The molecule has 18 heavy (non-hydrogen) atoms. The van der Waals surface area contributed by atoms with E-state index >= 15 is 0 Å². The van der Waals surface area contributed by atoms with Crippen LogP contribution in [-0.4, -0.2) is 18.6 Å². The average Bonchev–Trinajstić information content (AvgIpc) is 2.33. The van der Waals surface area contributed by atoms with Gasteiger partial charge in [0.25, 0.3) is 0 Å². The SMILES string of the molecule is CSCCCCNCc1ccc(C(C)(C)C)cc1. The normalized spacial score (nSPS) is 11.8. The Kier molecular flexibility index (Phi) is 6.80. The molecule has 0 amide bonds. The molecule has 102 valence electrons. The van der Waals surface area contributed by atoms with Gasteiger partial charge in [-0.15, -0.1) is 0 Å². The lowest BCUT2D eigenvalue weighted by Crippen LogP contribution is -2.15. The van der Waals surface area contributed by atoms with Gasteiger partial charge in [0.2, 0.25) is 0 Å². The minimum Gasteiger partial charge on any atom is -0.313 e. The molecule has 2 heteroatoms. The predicted molar refractivity (Wildman–Crippen MR) is 84.5 cm³/mol. The molecule has 0 saturated carbocycles. The van der Waals surface area contributed by atoms with Gasteiger partial charge < -0.3 is 5.32 Å². The minimum absolute atomic E-state index is 0.254. The quantitative estimate of drug-likeness (QED) is 0.741. The molecular formula is C16H27NS. The van der Waals surface area contributed by atoms with Crippen LogP contribution in [0.15, 0.2) is 24.3 Å². The lowest BCUT2D eigenvalue weighted by atomic mass is 9.87. The lowest BCUT2D eigenvalue weighted by Gasteiger charge is -2.19. The van der Waals surface area contributed by atoms with Gasteiger partial charge >= 0.3 is 0 Å². The number of thioether (sulfide) groups is 1. The van der Waals surface area contributed by atoms with E-state index in [0.717, 1.165) is 13.1 Å². The molecule has 0 aromatic heterocycles. The highest BCUT2D eigenvalue weighted by Crippen LogP contribution is 2.22. The van der Waals surface area contributed by atoms with E-state index in [0.29, 0.717) is 0 Å². The van der Waals surface area contributed by atoms with E-state index in [-0.39, 0.29) is 5.41 Å². The summed E-state index contributed by atoms with van der Waals surface area (Å²) in [5.74, 6) is 1.28. The summed E-state index contributed by atoms with van der Waals surface area (Å²) in [4.78, 5) is 0. The Bertz CT molecular complexity index is 324. The summed E-state index contributed by atoms with van der Waals surface area (Å²) in [5, 5.41) is 3.51. The summed E-state index contributed by atoms with van der Waals surface area (Å²) >= 11 is 1.93. The molecule has 0 bridgehead atoms. The van der Waals surface area contributed by atoms with E-state index in [1.165, 1.54) is 29.7 Å². The first-order chi connectivity index (χ1) is 8.54. The molecule has 0 atom stereocenters. The van der Waals surface area contributed by atoms with E-state index in [4.69, 9.17) is 0 Å². The second-order valence-electron chi connectivity index (χ2n) is 5.82. The predicted octanol–water partition coefficient (Wildman–Crippen LogP) is 4.22. The second kappa shape index (κ2) is 7.85. The number of benzene rings is 1. The minimum atomic E-state index is 0.254. The topological polar surface area (TPSA) is 12.0 Å². The first kappa shape index (κ1) is 15.6. The number of nitrogens with one attached hydrogen (secondary N) is 1. The maximum atomic E-state index is 3.51. The third kappa shape index (κ3) is 5.92. The van der Waals surface area contributed by atoms with Crippen LogP contribution in [0.1, 0.15) is 44.7 Å². The number of rotatable bonds is 7. The molecule has 1 rings (SSSR count). The van der Waals surface area contributed by atoms with Crippen molar-refractivity contribution in [3.63, 3.8) is 0 Å². The first-order valence-corrected chi connectivity index (χ1v) is 8.22. The second-order valence-corrected chi connectivity index (χ2v) is 6.81. The van der Waals surface area contributed by atoms with Crippen LogP contribution in [0.5, 0.6) is 0 Å². The van der Waals surface area contributed by atoms with Crippen LogP contribution < -0.4 is 5.32 Å². The van der Waals surface area contributed by atoms with E-state index in [1.54, 1.807) is 0 Å². The molecule has 1 aromatic rings. The van der Waals surface area contributed by atoms with Crippen molar-refractivity contribution in [2.45, 2.75) is 45.6 Å². The lowest BCUT2D eigenvalue weighted by molar-refractivity contribution is 0.589. The van der Waals surface area contributed by atoms with Crippen LogP contribution >= 0.6 is 11.8 Å². The van der Waals surface area contributed by atoms with Gasteiger partial charge in [-0.25, -0.2) is 0 Å². The monoisotopic (exact) mass is 265 g/mol. The van der Waals surface area contributed by atoms with Crippen molar-refractivity contribution < 1.29 is 0 Å². The summed E-state index contributed by atoms with van der Waals surface area (Å²) in [7, 11) is 0. The van der Waals surface area contributed by atoms with Gasteiger partial charge in [0.1, 0.15) is 0 Å². The molecule has 0 aliphatic heterocycles. The highest BCUT2D eigenvalue weighted by atomic mass is 32.2. The summed E-state index contributed by atoms with van der Waals surface area (Å²) in [5.41, 5.74) is 3.04. The van der Waals surface area contributed by atoms with Crippen LogP contribution in [0.4, 0.5) is 0 Å². The standard InChI is InChI=1S/C16H27NS/c1-16(2,3)15-9-7-14(8-10-15)13-17-11-5-6-12-18-4/h7-10,17H,5-6,11-13H2,1-4H3. The summed E-state index contributed by atoms with van der Waals surface area (Å²) in [6.07, 6.45) is 4.77. The first-order valence-electron chi connectivity index (χ1n) is 6.83. The van der Waals surface area contributed by atoms with E-state index in [2.05, 4.69) is 56.6 Å². The average molecular weight is 265 g/mol. The zero-order valence-electron chi connectivity index (χ0n) is 12.3. The highest BCUT2D eigenvalue weighted by molar-refractivity contribution is 7.98. The van der Waals surface area contributed by atoms with Gasteiger partial charge in [-0.1, -0.05) is 45.0 Å². The Hall–Kier alpha value is -0.470. The third-order valence-corrected chi connectivity index (χ3v) is 3.80. The fraction of sp³-hybridized carbons (Fsp3) is 0.625. The molecule has 0 spiro atoms. The van der Waals surface area contributed by atoms with E-state index in [1.807, 2.05) is 11.8 Å². The Morgan fingerprint density at radius 2 is 1.72 bits per heavy atom. The van der Waals surface area contributed by atoms with Crippen molar-refractivity contribution in [3.05, 3.63) is 35.4 Å². The molecule has 1 aromatic carbocycles. The fourth-order valence-corrected chi connectivity index (χ4v) is 2.34. The van der Waals surface area contributed by atoms with Crippen LogP contribution in [0.25, 0.3) is 0 Å². The van der Waals surface area contributed by atoms with Gasteiger partial charge in [-0.3, -0.25) is 0 Å². The molecule has 0 heterocycles. The molecule has 0 aliphatic rings. The molecule has 1 nitrogen and oxygen atoms in total. The third-order valence-electron chi connectivity index (χ3n) is 3.10. The van der Waals surface area contributed by atoms with Crippen molar-refractivity contribution in [1.82, 2.24) is 5.32 Å². The van der Waals surface area contributed by atoms with Gasteiger partial charge in [0.05, 0.1) is 0 Å². The molecular weight excluding hydrogens is 238 g/mol. The van der Waals surface area contributed by atoms with E-state index in [9.17, 15) is 0 Å². The zero-order chi connectivity index (χ0) is 13.4. The Morgan fingerprint density at radius 1 is 1.06 bits per heavy atom. The van der Waals surface area contributed by atoms with Gasteiger partial charge in [-0.05, 0) is 47.9 Å². The molecule has 0 unspecified atom stereocenters. The van der Waals surface area contributed by atoms with Crippen LogP contribution in [0.3, 0.4) is 0 Å². The highest BCUT2D eigenvalue weighted by Gasteiger charge is 2.12. The van der Waals surface area contributed by atoms with Crippen LogP contribution in [0, 0.1) is 0 Å². The van der Waals surface area contributed by atoms with Gasteiger partial charge in [0, 0.05) is 6.54 Å². The maximum absolute atomic E-state index is 3.51. The summed E-state index contributed by atoms with van der Waals surface area (Å²) in [6.45, 7) is 8.88. The molecule has 1 N–H and O–H groups in total. The largest absolute Gasteiger partial charge is 0.313 e.